The van der Waals surface area contributed by atoms with Crippen molar-refractivity contribution < 1.29 is 13.5 Å². The number of phenolic OH excluding ortho intramolecular Hbond substituents is 1. The molecule has 0 atom stereocenters. The Hall–Kier alpha value is -0.780. The first kappa shape index (κ1) is 12.3. The lowest BCUT2D eigenvalue weighted by Crippen LogP contribution is -2.51. The molecule has 1 saturated heterocycles. The van der Waals surface area contributed by atoms with E-state index in [1.165, 1.54) is 24.3 Å². The SMILES string of the molecule is Cl.O=S(=O)(c1ccc(O)cc1)C1CNC1. The molecule has 0 spiro atoms. The van der Waals surface area contributed by atoms with E-state index in [0.717, 1.165) is 0 Å². The molecule has 0 aromatic heterocycles. The molecule has 1 aliphatic rings. The zero-order valence-electron chi connectivity index (χ0n) is 7.88. The summed E-state index contributed by atoms with van der Waals surface area (Å²) < 4.78 is 23.6. The predicted molar refractivity (Wildman–Crippen MR) is 59.2 cm³/mol. The molecule has 0 aliphatic carbocycles. The lowest BCUT2D eigenvalue weighted by Gasteiger charge is -2.26. The molecule has 1 aliphatic heterocycles. The number of sulfone groups is 1. The third-order valence-corrected chi connectivity index (χ3v) is 4.49. The van der Waals surface area contributed by atoms with Crippen LogP contribution in [0.1, 0.15) is 0 Å². The van der Waals surface area contributed by atoms with Crippen molar-refractivity contribution in [1.29, 1.82) is 0 Å². The molecule has 84 valence electrons. The molecule has 0 bridgehead atoms. The Morgan fingerprint density at radius 2 is 1.73 bits per heavy atom. The van der Waals surface area contributed by atoms with Gasteiger partial charge in [-0.25, -0.2) is 8.42 Å². The maximum absolute atomic E-state index is 11.8. The van der Waals surface area contributed by atoms with Crippen LogP contribution in [0.25, 0.3) is 0 Å². The van der Waals surface area contributed by atoms with Gasteiger partial charge in [0.1, 0.15) is 5.75 Å². The molecule has 0 saturated carbocycles. The highest BCUT2D eigenvalue weighted by Gasteiger charge is 2.32. The van der Waals surface area contributed by atoms with E-state index in [-0.39, 0.29) is 28.3 Å². The van der Waals surface area contributed by atoms with Crippen LogP contribution in [-0.4, -0.2) is 31.9 Å². The van der Waals surface area contributed by atoms with Gasteiger partial charge >= 0.3 is 0 Å². The molecule has 15 heavy (non-hydrogen) atoms. The number of benzene rings is 1. The number of hydrogen-bond donors (Lipinski definition) is 2. The average Bonchev–Trinajstić information content (AvgIpc) is 2.00. The van der Waals surface area contributed by atoms with Gasteiger partial charge in [0.15, 0.2) is 9.84 Å². The minimum atomic E-state index is -3.19. The lowest BCUT2D eigenvalue weighted by atomic mass is 10.3. The van der Waals surface area contributed by atoms with Crippen molar-refractivity contribution in [2.45, 2.75) is 10.1 Å². The van der Waals surface area contributed by atoms with Crippen LogP contribution in [0.5, 0.6) is 5.75 Å². The molecule has 1 aromatic rings. The molecule has 6 heteroatoms. The Morgan fingerprint density at radius 1 is 1.20 bits per heavy atom. The Labute approximate surface area is 94.6 Å². The van der Waals surface area contributed by atoms with Gasteiger partial charge in [-0.2, -0.15) is 0 Å². The topological polar surface area (TPSA) is 66.4 Å². The summed E-state index contributed by atoms with van der Waals surface area (Å²) in [6.07, 6.45) is 0. The highest BCUT2D eigenvalue weighted by atomic mass is 35.5. The molecule has 0 amide bonds. The second-order valence-electron chi connectivity index (χ2n) is 3.32. The highest BCUT2D eigenvalue weighted by Crippen LogP contribution is 2.20. The van der Waals surface area contributed by atoms with E-state index in [4.69, 9.17) is 5.11 Å². The highest BCUT2D eigenvalue weighted by molar-refractivity contribution is 7.92. The van der Waals surface area contributed by atoms with Crippen LogP contribution in [0.3, 0.4) is 0 Å². The minimum absolute atomic E-state index is 0. The van der Waals surface area contributed by atoms with Gasteiger partial charge in [-0.15, -0.1) is 12.4 Å². The molecule has 0 radical (unpaired) electrons. The van der Waals surface area contributed by atoms with Gasteiger partial charge in [-0.3, -0.25) is 0 Å². The van der Waals surface area contributed by atoms with E-state index in [9.17, 15) is 8.42 Å². The van der Waals surface area contributed by atoms with Crippen LogP contribution in [0.15, 0.2) is 29.2 Å². The number of halogens is 1. The van der Waals surface area contributed by atoms with Gasteiger partial charge in [0.25, 0.3) is 0 Å². The molecule has 4 nitrogen and oxygen atoms in total. The number of hydrogen-bond acceptors (Lipinski definition) is 4. The van der Waals surface area contributed by atoms with Gasteiger partial charge in [0.05, 0.1) is 10.1 Å². The zero-order valence-corrected chi connectivity index (χ0v) is 9.51. The molecular weight excluding hydrogens is 238 g/mol. The third-order valence-electron chi connectivity index (χ3n) is 2.35. The molecule has 2 rings (SSSR count). The summed E-state index contributed by atoms with van der Waals surface area (Å²) >= 11 is 0. The Bertz CT molecular complexity index is 425. The monoisotopic (exact) mass is 249 g/mol. The minimum Gasteiger partial charge on any atom is -0.508 e. The normalized spacial score (nSPS) is 16.5. The summed E-state index contributed by atoms with van der Waals surface area (Å²) in [5, 5.41) is 11.6. The standard InChI is InChI=1S/C9H11NO3S.ClH/c11-7-1-3-8(4-2-7)14(12,13)9-5-10-6-9;/h1-4,9-11H,5-6H2;1H. The Morgan fingerprint density at radius 3 is 2.13 bits per heavy atom. The Kier molecular flexibility index (Phi) is 3.59. The second-order valence-corrected chi connectivity index (χ2v) is 5.55. The second kappa shape index (κ2) is 4.38. The van der Waals surface area contributed by atoms with Crippen molar-refractivity contribution in [2.75, 3.05) is 13.1 Å². The quantitative estimate of drug-likeness (QED) is 0.804. The number of rotatable bonds is 2. The lowest BCUT2D eigenvalue weighted by molar-refractivity contribution is 0.474. The van der Waals surface area contributed by atoms with Gasteiger partial charge in [0.2, 0.25) is 0 Å². The molecular formula is C9H12ClNO3S. The summed E-state index contributed by atoms with van der Waals surface area (Å²) in [5.41, 5.74) is 0. The average molecular weight is 250 g/mol. The van der Waals surface area contributed by atoms with Crippen LogP contribution in [0.4, 0.5) is 0 Å². The molecule has 2 N–H and O–H groups in total. The van der Waals surface area contributed by atoms with Crippen molar-refractivity contribution in [3.8, 4) is 5.75 Å². The maximum atomic E-state index is 11.8. The van der Waals surface area contributed by atoms with Crippen molar-refractivity contribution in [3.63, 3.8) is 0 Å². The van der Waals surface area contributed by atoms with Crippen molar-refractivity contribution in [3.05, 3.63) is 24.3 Å². The predicted octanol–water partition coefficient (Wildman–Crippen LogP) is 0.559. The van der Waals surface area contributed by atoms with Crippen molar-refractivity contribution >= 4 is 22.2 Å². The third kappa shape index (κ3) is 2.25. The van der Waals surface area contributed by atoms with E-state index in [1.807, 2.05) is 0 Å². The summed E-state index contributed by atoms with van der Waals surface area (Å²) in [4.78, 5) is 0.279. The van der Waals surface area contributed by atoms with E-state index >= 15 is 0 Å². The fourth-order valence-corrected chi connectivity index (χ4v) is 2.88. The first-order chi connectivity index (χ1) is 6.60. The van der Waals surface area contributed by atoms with Crippen LogP contribution < -0.4 is 5.32 Å². The maximum Gasteiger partial charge on any atom is 0.183 e. The number of aromatic hydroxyl groups is 1. The van der Waals surface area contributed by atoms with Crippen molar-refractivity contribution in [2.24, 2.45) is 0 Å². The fraction of sp³-hybridized carbons (Fsp3) is 0.333. The summed E-state index contributed by atoms with van der Waals surface area (Å²) in [6.45, 7) is 1.03. The van der Waals surface area contributed by atoms with Gasteiger partial charge in [-0.1, -0.05) is 0 Å². The van der Waals surface area contributed by atoms with E-state index < -0.39 is 9.84 Å². The van der Waals surface area contributed by atoms with E-state index in [0.29, 0.717) is 13.1 Å². The molecule has 1 aromatic carbocycles. The van der Waals surface area contributed by atoms with Gasteiger partial charge < -0.3 is 10.4 Å². The summed E-state index contributed by atoms with van der Waals surface area (Å²) in [7, 11) is -3.19. The fourth-order valence-electron chi connectivity index (χ4n) is 1.31. The summed E-state index contributed by atoms with van der Waals surface area (Å²) in [6, 6.07) is 5.64. The van der Waals surface area contributed by atoms with Gasteiger partial charge in [-0.05, 0) is 24.3 Å². The van der Waals surface area contributed by atoms with E-state index in [2.05, 4.69) is 5.32 Å². The van der Waals surface area contributed by atoms with Crippen LogP contribution in [0.2, 0.25) is 0 Å². The molecule has 1 fully saturated rings. The Balaban J connectivity index is 0.00000112. The molecule has 0 unspecified atom stereocenters. The number of phenols is 1. The van der Waals surface area contributed by atoms with Crippen molar-refractivity contribution in [1.82, 2.24) is 5.32 Å². The van der Waals surface area contributed by atoms with E-state index in [1.54, 1.807) is 0 Å². The van der Waals surface area contributed by atoms with Crippen LogP contribution in [0, 0.1) is 0 Å². The van der Waals surface area contributed by atoms with Gasteiger partial charge in [0, 0.05) is 13.1 Å². The number of nitrogens with one attached hydrogen (secondary N) is 1. The van der Waals surface area contributed by atoms with Crippen LogP contribution in [-0.2, 0) is 9.84 Å². The smallest absolute Gasteiger partial charge is 0.183 e. The summed E-state index contributed by atoms with van der Waals surface area (Å²) in [5.74, 6) is 0.0793. The first-order valence-corrected chi connectivity index (χ1v) is 5.89. The van der Waals surface area contributed by atoms with Crippen LogP contribution >= 0.6 is 12.4 Å². The zero-order chi connectivity index (χ0) is 10.2. The first-order valence-electron chi connectivity index (χ1n) is 4.34. The molecule has 1 heterocycles. The largest absolute Gasteiger partial charge is 0.508 e.